The molecule has 0 aromatic heterocycles. The largest absolute Gasteiger partial charge is 0.266 e. The van der Waals surface area contributed by atoms with E-state index in [2.05, 4.69) is 37.7 Å². The first-order valence-corrected chi connectivity index (χ1v) is 12.9. The minimum absolute atomic E-state index is 0.116. The Kier molecular flexibility index (Phi) is 32.5. The van der Waals surface area contributed by atoms with Gasteiger partial charge in [-0.25, -0.2) is 4.39 Å². The quantitative estimate of drug-likeness (QED) is 0.366. The SMILES string of the molecule is CC.CC.CC.CC.CC1=CN=C(C)CC1.CC1=CN=C(C)CC1.Cc1ccc(C)c(F)c1. The van der Waals surface area contributed by atoms with Gasteiger partial charge in [-0.05, 0) is 84.4 Å². The number of rotatable bonds is 0. The van der Waals surface area contributed by atoms with Gasteiger partial charge in [-0.2, -0.15) is 0 Å². The summed E-state index contributed by atoms with van der Waals surface area (Å²) in [7, 11) is 0. The van der Waals surface area contributed by atoms with E-state index in [1.807, 2.05) is 80.8 Å². The van der Waals surface area contributed by atoms with Gasteiger partial charge in [0.1, 0.15) is 5.82 Å². The van der Waals surface area contributed by atoms with Gasteiger partial charge < -0.3 is 0 Å². The van der Waals surface area contributed by atoms with Crippen LogP contribution < -0.4 is 0 Å². The third-order valence-corrected chi connectivity index (χ3v) is 4.10. The van der Waals surface area contributed by atoms with Crippen molar-refractivity contribution in [1.82, 2.24) is 0 Å². The zero-order chi connectivity index (χ0) is 26.8. The van der Waals surface area contributed by atoms with Gasteiger partial charge in [0.2, 0.25) is 0 Å². The maximum absolute atomic E-state index is 12.6. The highest BCUT2D eigenvalue weighted by Gasteiger charge is 1.98. The van der Waals surface area contributed by atoms with Crippen molar-refractivity contribution in [3.63, 3.8) is 0 Å². The summed E-state index contributed by atoms with van der Waals surface area (Å²) >= 11 is 0. The number of halogens is 1. The molecule has 2 nitrogen and oxygen atoms in total. The first-order chi connectivity index (χ1) is 15.8. The van der Waals surface area contributed by atoms with Gasteiger partial charge in [0.25, 0.3) is 0 Å². The Hall–Kier alpha value is -2.03. The Morgan fingerprint density at radius 2 is 0.939 bits per heavy atom. The van der Waals surface area contributed by atoms with Crippen LogP contribution in [-0.2, 0) is 0 Å². The molecule has 0 N–H and O–H groups in total. The van der Waals surface area contributed by atoms with E-state index in [4.69, 9.17) is 0 Å². The number of aryl methyl sites for hydroxylation is 2. The predicted octanol–water partition coefficient (Wildman–Crippen LogP) is 10.8. The van der Waals surface area contributed by atoms with Crippen LogP contribution in [0.3, 0.4) is 0 Å². The smallest absolute Gasteiger partial charge is 0.126 e. The Balaban J connectivity index is -0.000000166. The number of hydrogen-bond donors (Lipinski definition) is 0. The van der Waals surface area contributed by atoms with E-state index < -0.39 is 0 Å². The Morgan fingerprint density at radius 3 is 1.15 bits per heavy atom. The maximum atomic E-state index is 12.6. The van der Waals surface area contributed by atoms with Crippen LogP contribution in [-0.4, -0.2) is 11.4 Å². The van der Waals surface area contributed by atoms with Crippen LogP contribution in [0, 0.1) is 19.7 Å². The number of benzene rings is 1. The van der Waals surface area contributed by atoms with E-state index in [-0.39, 0.29) is 5.82 Å². The molecule has 192 valence electrons. The van der Waals surface area contributed by atoms with Crippen molar-refractivity contribution in [3.8, 4) is 0 Å². The van der Waals surface area contributed by atoms with Crippen LogP contribution in [0.5, 0.6) is 0 Å². The van der Waals surface area contributed by atoms with Crippen molar-refractivity contribution >= 4 is 11.4 Å². The second-order valence-electron chi connectivity index (χ2n) is 6.93. The van der Waals surface area contributed by atoms with Crippen LogP contribution in [0.4, 0.5) is 4.39 Å². The summed E-state index contributed by atoms with van der Waals surface area (Å²) in [4.78, 5) is 8.33. The molecular formula is C30H55FN2. The van der Waals surface area contributed by atoms with Crippen LogP contribution in [0.15, 0.2) is 51.7 Å². The van der Waals surface area contributed by atoms with E-state index >= 15 is 0 Å². The molecule has 2 heterocycles. The molecule has 33 heavy (non-hydrogen) atoms. The Labute approximate surface area is 207 Å². The summed E-state index contributed by atoms with van der Waals surface area (Å²) < 4.78 is 12.6. The van der Waals surface area contributed by atoms with E-state index in [0.29, 0.717) is 5.56 Å². The van der Waals surface area contributed by atoms with Gasteiger partial charge in [-0.15, -0.1) is 0 Å². The topological polar surface area (TPSA) is 24.7 Å². The van der Waals surface area contributed by atoms with Crippen LogP contribution >= 0.6 is 0 Å². The summed E-state index contributed by atoms with van der Waals surface area (Å²) in [6.45, 7) is 28.0. The van der Waals surface area contributed by atoms with E-state index in [1.165, 1.54) is 41.5 Å². The molecule has 3 heteroatoms. The van der Waals surface area contributed by atoms with E-state index in [9.17, 15) is 4.39 Å². The third kappa shape index (κ3) is 24.4. The highest BCUT2D eigenvalue weighted by Crippen LogP contribution is 2.11. The molecule has 1 aromatic carbocycles. The predicted molar refractivity (Wildman–Crippen MR) is 153 cm³/mol. The van der Waals surface area contributed by atoms with Gasteiger partial charge in [0, 0.05) is 23.8 Å². The van der Waals surface area contributed by atoms with Crippen molar-refractivity contribution in [2.24, 2.45) is 9.98 Å². The lowest BCUT2D eigenvalue weighted by Crippen LogP contribution is -1.95. The molecule has 1 aromatic rings. The Bertz CT molecular complexity index is 623. The zero-order valence-electron chi connectivity index (χ0n) is 24.5. The molecule has 0 unspecified atom stereocenters. The first kappa shape index (κ1) is 38.2. The summed E-state index contributed by atoms with van der Waals surface area (Å²) in [5.74, 6) is -0.116. The molecule has 0 radical (unpaired) electrons. The molecule has 0 saturated carbocycles. The molecule has 0 bridgehead atoms. The fraction of sp³-hybridized carbons (Fsp3) is 0.600. The highest BCUT2D eigenvalue weighted by molar-refractivity contribution is 5.83. The molecule has 0 atom stereocenters. The molecule has 2 aliphatic rings. The summed E-state index contributed by atoms with van der Waals surface area (Å²) in [5, 5.41) is 0. The summed E-state index contributed by atoms with van der Waals surface area (Å²) in [5.41, 5.74) is 7.00. The molecule has 0 amide bonds. The lowest BCUT2D eigenvalue weighted by molar-refractivity contribution is 0.617. The minimum atomic E-state index is -0.116. The normalized spacial score (nSPS) is 12.9. The number of hydrogen-bond acceptors (Lipinski definition) is 2. The third-order valence-electron chi connectivity index (χ3n) is 4.10. The average Bonchev–Trinajstić information content (AvgIpc) is 2.86. The second kappa shape index (κ2) is 28.0. The van der Waals surface area contributed by atoms with Crippen molar-refractivity contribution in [1.29, 1.82) is 0 Å². The van der Waals surface area contributed by atoms with Crippen LogP contribution in [0.1, 0.15) is 120 Å². The Morgan fingerprint density at radius 1 is 0.576 bits per heavy atom. The van der Waals surface area contributed by atoms with Crippen molar-refractivity contribution < 1.29 is 4.39 Å². The van der Waals surface area contributed by atoms with E-state index in [0.717, 1.165) is 18.4 Å². The number of nitrogens with zero attached hydrogens (tertiary/aromatic N) is 2. The molecule has 0 spiro atoms. The molecule has 2 aliphatic heterocycles. The number of allylic oxidation sites excluding steroid dienone is 2. The lowest BCUT2D eigenvalue weighted by Gasteiger charge is -2.04. The van der Waals surface area contributed by atoms with Crippen LogP contribution in [0.2, 0.25) is 0 Å². The fourth-order valence-electron chi connectivity index (χ4n) is 2.15. The molecule has 0 aliphatic carbocycles. The maximum Gasteiger partial charge on any atom is 0.126 e. The number of aliphatic imine (C=N–C) groups is 2. The van der Waals surface area contributed by atoms with Gasteiger partial charge in [-0.3, -0.25) is 9.98 Å². The van der Waals surface area contributed by atoms with Crippen molar-refractivity contribution in [3.05, 3.63) is 58.7 Å². The highest BCUT2D eigenvalue weighted by atomic mass is 19.1. The summed E-state index contributed by atoms with van der Waals surface area (Å²) in [6, 6.07) is 5.22. The van der Waals surface area contributed by atoms with Gasteiger partial charge in [0.15, 0.2) is 0 Å². The first-order valence-electron chi connectivity index (χ1n) is 12.9. The van der Waals surface area contributed by atoms with Crippen molar-refractivity contribution in [2.75, 3.05) is 0 Å². The van der Waals surface area contributed by atoms with Gasteiger partial charge >= 0.3 is 0 Å². The second-order valence-corrected chi connectivity index (χ2v) is 6.93. The molecule has 0 fully saturated rings. The van der Waals surface area contributed by atoms with Crippen molar-refractivity contribution in [2.45, 2.75) is 123 Å². The standard InChI is InChI=1S/C8H9F.2C7H11N.4C2H6/c1-6-3-4-7(2)8(9)5-6;2*1-6-3-4-7(2)8-5-6;4*1-2/h3-5H,1-2H3;2*5H,3-4H2,1-2H3;4*1-2H3. The molecule has 0 saturated heterocycles. The van der Waals surface area contributed by atoms with Gasteiger partial charge in [-0.1, -0.05) is 78.7 Å². The summed E-state index contributed by atoms with van der Waals surface area (Å²) in [6.07, 6.45) is 8.63. The fourth-order valence-corrected chi connectivity index (χ4v) is 2.15. The molecular weight excluding hydrogens is 407 g/mol. The lowest BCUT2D eigenvalue weighted by atomic mass is 10.1. The van der Waals surface area contributed by atoms with Crippen LogP contribution in [0.25, 0.3) is 0 Å². The average molecular weight is 463 g/mol. The zero-order valence-corrected chi connectivity index (χ0v) is 24.5. The van der Waals surface area contributed by atoms with Gasteiger partial charge in [0.05, 0.1) is 0 Å². The minimum Gasteiger partial charge on any atom is -0.266 e. The monoisotopic (exact) mass is 462 g/mol. The molecule has 3 rings (SSSR count). The van der Waals surface area contributed by atoms with E-state index in [1.54, 1.807) is 13.0 Å².